The Hall–Kier alpha value is -1.68. The number of aromatic nitrogens is 3. The Bertz CT molecular complexity index is 572. The molecule has 0 saturated carbocycles. The first-order chi connectivity index (χ1) is 10.1. The highest BCUT2D eigenvalue weighted by Gasteiger charge is 2.08. The summed E-state index contributed by atoms with van der Waals surface area (Å²) in [6, 6.07) is 6.39. The van der Waals surface area contributed by atoms with Crippen LogP contribution >= 0.6 is 0 Å². The lowest BCUT2D eigenvalue weighted by Crippen LogP contribution is -2.13. The van der Waals surface area contributed by atoms with Gasteiger partial charge in [0.1, 0.15) is 0 Å². The quantitative estimate of drug-likeness (QED) is 0.847. The van der Waals surface area contributed by atoms with Crippen molar-refractivity contribution >= 4 is 0 Å². The molecular weight excluding hydrogens is 260 g/mol. The first-order valence-corrected chi connectivity index (χ1v) is 7.90. The highest BCUT2D eigenvalue weighted by atomic mass is 15.3. The summed E-state index contributed by atoms with van der Waals surface area (Å²) in [5.74, 6) is 1.35. The van der Waals surface area contributed by atoms with Gasteiger partial charge in [-0.25, -0.2) is 9.67 Å². The SMILES string of the molecule is CCCc1cc(CNCC)cc(-n2ccc(C(C)C)n2)n1. The Kier molecular flexibility index (Phi) is 5.51. The predicted molar refractivity (Wildman–Crippen MR) is 86.8 cm³/mol. The summed E-state index contributed by atoms with van der Waals surface area (Å²) in [5.41, 5.74) is 3.52. The average molecular weight is 286 g/mol. The minimum atomic E-state index is 0.436. The van der Waals surface area contributed by atoms with Gasteiger partial charge in [0.25, 0.3) is 0 Å². The van der Waals surface area contributed by atoms with E-state index < -0.39 is 0 Å². The second-order valence-corrected chi connectivity index (χ2v) is 5.70. The van der Waals surface area contributed by atoms with Crippen LogP contribution in [0.2, 0.25) is 0 Å². The van der Waals surface area contributed by atoms with Crippen LogP contribution in [-0.4, -0.2) is 21.3 Å². The van der Waals surface area contributed by atoms with E-state index in [9.17, 15) is 0 Å². The van der Waals surface area contributed by atoms with E-state index in [4.69, 9.17) is 4.98 Å². The zero-order valence-electron chi connectivity index (χ0n) is 13.6. The monoisotopic (exact) mass is 286 g/mol. The maximum atomic E-state index is 4.75. The first kappa shape index (κ1) is 15.7. The van der Waals surface area contributed by atoms with Gasteiger partial charge < -0.3 is 5.32 Å². The van der Waals surface area contributed by atoms with Crippen molar-refractivity contribution in [3.63, 3.8) is 0 Å². The fourth-order valence-corrected chi connectivity index (χ4v) is 2.28. The summed E-state index contributed by atoms with van der Waals surface area (Å²) >= 11 is 0. The molecular formula is C17H26N4. The lowest BCUT2D eigenvalue weighted by Gasteiger charge is -2.09. The van der Waals surface area contributed by atoms with Gasteiger partial charge in [-0.2, -0.15) is 5.10 Å². The summed E-state index contributed by atoms with van der Waals surface area (Å²) in [7, 11) is 0. The number of pyridine rings is 1. The third-order valence-corrected chi connectivity index (χ3v) is 3.45. The molecule has 0 radical (unpaired) electrons. The molecule has 0 aliphatic heterocycles. The van der Waals surface area contributed by atoms with Crippen molar-refractivity contribution in [2.24, 2.45) is 0 Å². The topological polar surface area (TPSA) is 42.7 Å². The van der Waals surface area contributed by atoms with E-state index in [2.05, 4.69) is 56.3 Å². The summed E-state index contributed by atoms with van der Waals surface area (Å²) in [6.07, 6.45) is 4.11. The Labute approximate surface area is 127 Å². The van der Waals surface area contributed by atoms with E-state index in [0.717, 1.165) is 43.1 Å². The Balaban J connectivity index is 2.33. The summed E-state index contributed by atoms with van der Waals surface area (Å²) in [6.45, 7) is 10.5. The number of aryl methyl sites for hydroxylation is 1. The van der Waals surface area contributed by atoms with Crippen molar-refractivity contribution in [2.45, 2.75) is 53.0 Å². The molecule has 0 aliphatic rings. The Morgan fingerprint density at radius 3 is 2.67 bits per heavy atom. The van der Waals surface area contributed by atoms with Crippen LogP contribution in [0.3, 0.4) is 0 Å². The van der Waals surface area contributed by atoms with Gasteiger partial charge in [0.15, 0.2) is 5.82 Å². The molecule has 0 bridgehead atoms. The molecule has 2 rings (SSSR count). The first-order valence-electron chi connectivity index (χ1n) is 7.90. The van der Waals surface area contributed by atoms with E-state index in [-0.39, 0.29) is 0 Å². The minimum absolute atomic E-state index is 0.436. The molecule has 0 amide bonds. The molecule has 0 unspecified atom stereocenters. The van der Waals surface area contributed by atoms with Crippen LogP contribution in [0.4, 0.5) is 0 Å². The molecule has 1 N–H and O–H groups in total. The molecule has 2 aromatic rings. The molecule has 0 fully saturated rings. The zero-order valence-corrected chi connectivity index (χ0v) is 13.6. The van der Waals surface area contributed by atoms with Gasteiger partial charge in [-0.05, 0) is 42.6 Å². The van der Waals surface area contributed by atoms with Crippen molar-refractivity contribution in [1.29, 1.82) is 0 Å². The molecule has 0 aromatic carbocycles. The van der Waals surface area contributed by atoms with Gasteiger partial charge in [-0.1, -0.05) is 34.1 Å². The van der Waals surface area contributed by atoms with Gasteiger partial charge in [0, 0.05) is 18.4 Å². The van der Waals surface area contributed by atoms with Gasteiger partial charge in [0.05, 0.1) is 5.69 Å². The second kappa shape index (κ2) is 7.36. The Morgan fingerprint density at radius 2 is 2.05 bits per heavy atom. The highest BCUT2D eigenvalue weighted by molar-refractivity contribution is 5.31. The fourth-order valence-electron chi connectivity index (χ4n) is 2.28. The normalized spacial score (nSPS) is 11.3. The van der Waals surface area contributed by atoms with Crippen LogP contribution in [0.1, 0.15) is 57.0 Å². The molecule has 0 spiro atoms. The molecule has 2 aromatic heterocycles. The van der Waals surface area contributed by atoms with Crippen molar-refractivity contribution in [1.82, 2.24) is 20.1 Å². The van der Waals surface area contributed by atoms with Crippen LogP contribution in [0.5, 0.6) is 0 Å². The van der Waals surface area contributed by atoms with Gasteiger partial charge in [-0.3, -0.25) is 0 Å². The van der Waals surface area contributed by atoms with Crippen molar-refractivity contribution < 1.29 is 0 Å². The lowest BCUT2D eigenvalue weighted by atomic mass is 10.1. The number of hydrogen-bond donors (Lipinski definition) is 1. The third-order valence-electron chi connectivity index (χ3n) is 3.45. The largest absolute Gasteiger partial charge is 0.313 e. The molecule has 4 nitrogen and oxygen atoms in total. The number of nitrogens with zero attached hydrogens (tertiary/aromatic N) is 3. The minimum Gasteiger partial charge on any atom is -0.313 e. The van der Waals surface area contributed by atoms with E-state index >= 15 is 0 Å². The molecule has 21 heavy (non-hydrogen) atoms. The van der Waals surface area contributed by atoms with Crippen LogP contribution < -0.4 is 5.32 Å². The van der Waals surface area contributed by atoms with Gasteiger partial charge in [-0.15, -0.1) is 0 Å². The fraction of sp³-hybridized carbons (Fsp3) is 0.529. The summed E-state index contributed by atoms with van der Waals surface area (Å²) in [5, 5.41) is 8.01. The zero-order chi connectivity index (χ0) is 15.2. The van der Waals surface area contributed by atoms with E-state index in [1.165, 1.54) is 5.56 Å². The molecule has 0 atom stereocenters. The van der Waals surface area contributed by atoms with Crippen molar-refractivity contribution in [3.8, 4) is 5.82 Å². The van der Waals surface area contributed by atoms with E-state index in [1.807, 2.05) is 10.9 Å². The summed E-state index contributed by atoms with van der Waals surface area (Å²) < 4.78 is 1.89. The number of hydrogen-bond acceptors (Lipinski definition) is 3. The molecule has 0 saturated heterocycles. The lowest BCUT2D eigenvalue weighted by molar-refractivity contribution is 0.715. The van der Waals surface area contributed by atoms with Crippen LogP contribution in [0.15, 0.2) is 24.4 Å². The van der Waals surface area contributed by atoms with Crippen LogP contribution in [0.25, 0.3) is 5.82 Å². The summed E-state index contributed by atoms with van der Waals surface area (Å²) in [4.78, 5) is 4.75. The van der Waals surface area contributed by atoms with E-state index in [1.54, 1.807) is 0 Å². The van der Waals surface area contributed by atoms with Gasteiger partial charge in [0.2, 0.25) is 0 Å². The van der Waals surface area contributed by atoms with Crippen LogP contribution in [-0.2, 0) is 13.0 Å². The molecule has 114 valence electrons. The standard InChI is InChI=1S/C17H26N4/c1-5-7-15-10-14(12-18-6-2)11-17(19-15)21-9-8-16(20-21)13(3)4/h8-11,13,18H,5-7,12H2,1-4H3. The predicted octanol–water partition coefficient (Wildman–Crippen LogP) is 3.45. The van der Waals surface area contributed by atoms with E-state index in [0.29, 0.717) is 5.92 Å². The number of nitrogens with one attached hydrogen (secondary N) is 1. The Morgan fingerprint density at radius 1 is 1.24 bits per heavy atom. The highest BCUT2D eigenvalue weighted by Crippen LogP contribution is 2.15. The maximum absolute atomic E-state index is 4.75. The average Bonchev–Trinajstić information content (AvgIpc) is 2.95. The van der Waals surface area contributed by atoms with Gasteiger partial charge >= 0.3 is 0 Å². The maximum Gasteiger partial charge on any atom is 0.153 e. The smallest absolute Gasteiger partial charge is 0.153 e. The van der Waals surface area contributed by atoms with Crippen molar-refractivity contribution in [2.75, 3.05) is 6.54 Å². The third kappa shape index (κ3) is 4.14. The second-order valence-electron chi connectivity index (χ2n) is 5.70. The van der Waals surface area contributed by atoms with Crippen molar-refractivity contribution in [3.05, 3.63) is 41.3 Å². The van der Waals surface area contributed by atoms with Crippen LogP contribution in [0, 0.1) is 0 Å². The number of rotatable bonds is 7. The molecule has 4 heteroatoms. The molecule has 2 heterocycles. The molecule has 0 aliphatic carbocycles.